The summed E-state index contributed by atoms with van der Waals surface area (Å²) in [5, 5.41) is 3.25. The Morgan fingerprint density at radius 3 is 2.70 bits per heavy atom. The van der Waals surface area contributed by atoms with Gasteiger partial charge in [0.1, 0.15) is 11.3 Å². The number of nitrogens with one attached hydrogen (secondary N) is 1. The van der Waals surface area contributed by atoms with Gasteiger partial charge < -0.3 is 15.2 Å². The number of benzene rings is 1. The first-order valence-corrected chi connectivity index (χ1v) is 6.87. The highest BCUT2D eigenvalue weighted by molar-refractivity contribution is 5.85. The summed E-state index contributed by atoms with van der Waals surface area (Å²) in [6.07, 6.45) is 2.25. The van der Waals surface area contributed by atoms with Gasteiger partial charge in [0.2, 0.25) is 5.91 Å². The molecule has 0 aromatic heterocycles. The Balaban J connectivity index is 2.12. The van der Waals surface area contributed by atoms with Crippen LogP contribution in [0.4, 0.5) is 0 Å². The predicted molar refractivity (Wildman–Crippen MR) is 76.5 cm³/mol. The highest BCUT2D eigenvalue weighted by Gasteiger charge is 2.33. The summed E-state index contributed by atoms with van der Waals surface area (Å²) in [7, 11) is 1.61. The summed E-state index contributed by atoms with van der Waals surface area (Å²) in [6.45, 7) is 3.21. The van der Waals surface area contributed by atoms with Crippen molar-refractivity contribution in [3.63, 3.8) is 0 Å². The van der Waals surface area contributed by atoms with Crippen LogP contribution in [-0.2, 0) is 15.1 Å². The highest BCUT2D eigenvalue weighted by Crippen LogP contribution is 2.24. The fraction of sp³-hybridized carbons (Fsp3) is 0.533. The molecule has 5 nitrogen and oxygen atoms in total. The van der Waals surface area contributed by atoms with Gasteiger partial charge in [-0.1, -0.05) is 12.1 Å². The van der Waals surface area contributed by atoms with Crippen LogP contribution in [0.1, 0.15) is 25.3 Å². The lowest BCUT2D eigenvalue weighted by Crippen LogP contribution is -2.52. The lowest BCUT2D eigenvalue weighted by molar-refractivity contribution is -0.124. The molecule has 20 heavy (non-hydrogen) atoms. The second-order valence-electron chi connectivity index (χ2n) is 5.23. The van der Waals surface area contributed by atoms with Crippen molar-refractivity contribution < 1.29 is 14.3 Å². The number of hydrogen-bond acceptors (Lipinski definition) is 4. The summed E-state index contributed by atoms with van der Waals surface area (Å²) >= 11 is 0. The quantitative estimate of drug-likeness (QED) is 0.819. The monoisotopic (exact) mass is 278 g/mol. The molecule has 1 fully saturated rings. The third-order valence-corrected chi connectivity index (χ3v) is 3.87. The van der Waals surface area contributed by atoms with Gasteiger partial charge in [0.25, 0.3) is 0 Å². The van der Waals surface area contributed by atoms with Crippen LogP contribution in [0.15, 0.2) is 24.3 Å². The maximum Gasteiger partial charge on any atom is 0.242 e. The number of primary amides is 1. The SMILES string of the molecule is COc1ccc(C(C)(NCC2CCCO2)C(N)=O)cc1. The van der Waals surface area contributed by atoms with Gasteiger partial charge in [-0.2, -0.15) is 0 Å². The minimum Gasteiger partial charge on any atom is -0.497 e. The second kappa shape index (κ2) is 6.24. The summed E-state index contributed by atoms with van der Waals surface area (Å²) in [6, 6.07) is 7.35. The minimum atomic E-state index is -0.905. The molecule has 1 aromatic rings. The van der Waals surface area contributed by atoms with Crippen molar-refractivity contribution in [3.8, 4) is 5.75 Å². The molecule has 2 rings (SSSR count). The zero-order chi connectivity index (χ0) is 14.6. The Hall–Kier alpha value is -1.59. The Labute approximate surface area is 119 Å². The molecule has 1 amide bonds. The van der Waals surface area contributed by atoms with E-state index >= 15 is 0 Å². The number of ether oxygens (including phenoxy) is 2. The van der Waals surface area contributed by atoms with Crippen LogP contribution in [0, 0.1) is 0 Å². The molecule has 0 radical (unpaired) electrons. The predicted octanol–water partition coefficient (Wildman–Crippen LogP) is 1.16. The van der Waals surface area contributed by atoms with Gasteiger partial charge in [0, 0.05) is 13.2 Å². The van der Waals surface area contributed by atoms with Crippen molar-refractivity contribution in [2.24, 2.45) is 5.73 Å². The zero-order valence-electron chi connectivity index (χ0n) is 12.0. The topological polar surface area (TPSA) is 73.6 Å². The second-order valence-corrected chi connectivity index (χ2v) is 5.23. The van der Waals surface area contributed by atoms with E-state index in [-0.39, 0.29) is 6.10 Å². The van der Waals surface area contributed by atoms with Crippen LogP contribution in [-0.4, -0.2) is 32.3 Å². The molecule has 110 valence electrons. The Kier molecular flexibility index (Phi) is 4.62. The van der Waals surface area contributed by atoms with Gasteiger partial charge in [0.15, 0.2) is 0 Å². The normalized spacial score (nSPS) is 21.4. The van der Waals surface area contributed by atoms with Crippen molar-refractivity contribution in [1.82, 2.24) is 5.32 Å². The smallest absolute Gasteiger partial charge is 0.242 e. The van der Waals surface area contributed by atoms with Crippen LogP contribution in [0.25, 0.3) is 0 Å². The lowest BCUT2D eigenvalue weighted by Gasteiger charge is -2.29. The molecule has 1 aliphatic rings. The molecule has 1 saturated heterocycles. The van der Waals surface area contributed by atoms with Crippen LogP contribution in [0.3, 0.4) is 0 Å². The number of methoxy groups -OCH3 is 1. The molecule has 1 heterocycles. The van der Waals surface area contributed by atoms with E-state index in [4.69, 9.17) is 15.2 Å². The number of nitrogens with two attached hydrogens (primary N) is 1. The molecule has 3 N–H and O–H groups in total. The Morgan fingerprint density at radius 1 is 1.50 bits per heavy atom. The first-order chi connectivity index (χ1) is 9.56. The first-order valence-electron chi connectivity index (χ1n) is 6.87. The van der Waals surface area contributed by atoms with E-state index in [0.717, 1.165) is 30.8 Å². The van der Waals surface area contributed by atoms with E-state index < -0.39 is 11.4 Å². The van der Waals surface area contributed by atoms with Gasteiger partial charge in [-0.15, -0.1) is 0 Å². The fourth-order valence-electron chi connectivity index (χ4n) is 2.38. The standard InChI is InChI=1S/C15H22N2O3/c1-15(14(16)18,17-10-13-4-3-9-20-13)11-5-7-12(19-2)8-6-11/h5-8,13,17H,3-4,9-10H2,1-2H3,(H2,16,18). The average Bonchev–Trinajstić information content (AvgIpc) is 2.98. The van der Waals surface area contributed by atoms with Crippen LogP contribution >= 0.6 is 0 Å². The minimum absolute atomic E-state index is 0.159. The molecule has 5 heteroatoms. The van der Waals surface area contributed by atoms with Gasteiger partial charge in [-0.05, 0) is 37.5 Å². The van der Waals surface area contributed by atoms with Crippen molar-refractivity contribution >= 4 is 5.91 Å². The summed E-state index contributed by atoms with van der Waals surface area (Å²) in [5.41, 5.74) is 5.50. The molecule has 1 aliphatic heterocycles. The van der Waals surface area contributed by atoms with Gasteiger partial charge in [-0.25, -0.2) is 0 Å². The molecule has 0 aliphatic carbocycles. The van der Waals surface area contributed by atoms with Crippen LogP contribution in [0.2, 0.25) is 0 Å². The molecule has 0 spiro atoms. The van der Waals surface area contributed by atoms with Crippen molar-refractivity contribution in [2.45, 2.75) is 31.4 Å². The van der Waals surface area contributed by atoms with Crippen LogP contribution < -0.4 is 15.8 Å². The summed E-state index contributed by atoms with van der Waals surface area (Å²) < 4.78 is 10.7. The number of carbonyl (C=O) groups excluding carboxylic acids is 1. The van der Waals surface area contributed by atoms with E-state index in [1.54, 1.807) is 14.0 Å². The van der Waals surface area contributed by atoms with E-state index in [0.29, 0.717) is 6.54 Å². The molecular weight excluding hydrogens is 256 g/mol. The van der Waals surface area contributed by atoms with Crippen molar-refractivity contribution in [1.29, 1.82) is 0 Å². The maximum atomic E-state index is 11.9. The number of amides is 1. The number of rotatable bonds is 6. The van der Waals surface area contributed by atoms with Gasteiger partial charge in [0.05, 0.1) is 13.2 Å². The van der Waals surface area contributed by atoms with E-state index in [1.165, 1.54) is 0 Å². The highest BCUT2D eigenvalue weighted by atomic mass is 16.5. The van der Waals surface area contributed by atoms with Crippen molar-refractivity contribution in [2.75, 3.05) is 20.3 Å². The summed E-state index contributed by atoms with van der Waals surface area (Å²) in [4.78, 5) is 11.9. The zero-order valence-corrected chi connectivity index (χ0v) is 12.0. The maximum absolute atomic E-state index is 11.9. The summed E-state index contributed by atoms with van der Waals surface area (Å²) in [5.74, 6) is 0.348. The Morgan fingerprint density at radius 2 is 2.20 bits per heavy atom. The van der Waals surface area contributed by atoms with E-state index in [2.05, 4.69) is 5.32 Å². The molecular formula is C15H22N2O3. The lowest BCUT2D eigenvalue weighted by atomic mass is 9.91. The fourth-order valence-corrected chi connectivity index (χ4v) is 2.38. The third-order valence-electron chi connectivity index (χ3n) is 3.87. The van der Waals surface area contributed by atoms with Gasteiger partial charge in [-0.3, -0.25) is 10.1 Å². The Bertz CT molecular complexity index is 455. The van der Waals surface area contributed by atoms with Gasteiger partial charge >= 0.3 is 0 Å². The molecule has 0 saturated carbocycles. The molecule has 2 unspecified atom stereocenters. The van der Waals surface area contributed by atoms with E-state index in [9.17, 15) is 4.79 Å². The molecule has 1 aromatic carbocycles. The third kappa shape index (κ3) is 3.11. The molecule has 0 bridgehead atoms. The number of hydrogen-bond donors (Lipinski definition) is 2. The molecule has 2 atom stereocenters. The number of carbonyl (C=O) groups is 1. The average molecular weight is 278 g/mol. The first kappa shape index (κ1) is 14.8. The van der Waals surface area contributed by atoms with Crippen molar-refractivity contribution in [3.05, 3.63) is 29.8 Å². The largest absolute Gasteiger partial charge is 0.497 e. The van der Waals surface area contributed by atoms with Crippen LogP contribution in [0.5, 0.6) is 5.75 Å². The van der Waals surface area contributed by atoms with E-state index in [1.807, 2.05) is 24.3 Å².